The molecule has 0 aliphatic carbocycles. The molecule has 0 saturated carbocycles. The third-order valence-electron chi connectivity index (χ3n) is 1.88. The Hall–Kier alpha value is -1.26. The average Bonchev–Trinajstić information content (AvgIpc) is 2.38. The van der Waals surface area contributed by atoms with Gasteiger partial charge in [0.05, 0.1) is 13.2 Å². The molecule has 0 fully saturated rings. The summed E-state index contributed by atoms with van der Waals surface area (Å²) in [5, 5.41) is 0. The van der Waals surface area contributed by atoms with Crippen LogP contribution in [0, 0.1) is 0 Å². The summed E-state index contributed by atoms with van der Waals surface area (Å²) in [6, 6.07) is 10.2. The van der Waals surface area contributed by atoms with Gasteiger partial charge in [-0.05, 0) is 12.1 Å². The van der Waals surface area contributed by atoms with Gasteiger partial charge in [-0.3, -0.25) is 0 Å². The van der Waals surface area contributed by atoms with Gasteiger partial charge in [-0.2, -0.15) is 0 Å². The zero-order valence-electron chi connectivity index (χ0n) is 9.63. The predicted octanol–water partition coefficient (Wildman–Crippen LogP) is 2.52. The summed E-state index contributed by atoms with van der Waals surface area (Å²) in [4.78, 5) is 11.9. The second kappa shape index (κ2) is 8.84. The Labute approximate surface area is 106 Å². The number of hydrogen-bond donors (Lipinski definition) is 0. The fourth-order valence-electron chi connectivity index (χ4n) is 1.10. The number of thioether (sulfide) groups is 1. The third kappa shape index (κ3) is 6.81. The Bertz CT molecular complexity index is 338. The van der Waals surface area contributed by atoms with Gasteiger partial charge in [-0.1, -0.05) is 24.8 Å². The van der Waals surface area contributed by atoms with Crippen molar-refractivity contribution in [2.45, 2.75) is 4.90 Å². The minimum absolute atomic E-state index is 0.279. The van der Waals surface area contributed by atoms with Crippen LogP contribution in [-0.2, 0) is 14.3 Å². The first-order valence-electron chi connectivity index (χ1n) is 5.37. The van der Waals surface area contributed by atoms with Gasteiger partial charge < -0.3 is 9.47 Å². The van der Waals surface area contributed by atoms with E-state index in [1.54, 1.807) is 11.8 Å². The molecule has 1 aromatic carbocycles. The third-order valence-corrected chi connectivity index (χ3v) is 2.85. The maximum absolute atomic E-state index is 10.7. The van der Waals surface area contributed by atoms with Gasteiger partial charge in [0.2, 0.25) is 0 Å². The van der Waals surface area contributed by atoms with Crippen LogP contribution in [0.5, 0.6) is 0 Å². The molecule has 1 aromatic rings. The molecular weight excluding hydrogens is 236 g/mol. The highest BCUT2D eigenvalue weighted by atomic mass is 32.2. The SMILES string of the molecule is C=CC(=O)OCCOCCSc1ccccc1. The van der Waals surface area contributed by atoms with Crippen LogP contribution >= 0.6 is 11.8 Å². The number of ether oxygens (including phenoxy) is 2. The Morgan fingerprint density at radius 3 is 2.71 bits per heavy atom. The molecule has 92 valence electrons. The average molecular weight is 252 g/mol. The maximum Gasteiger partial charge on any atom is 0.330 e. The number of carbonyl (C=O) groups excluding carboxylic acids is 1. The molecule has 0 atom stereocenters. The van der Waals surface area contributed by atoms with E-state index < -0.39 is 5.97 Å². The highest BCUT2D eigenvalue weighted by molar-refractivity contribution is 7.99. The summed E-state index contributed by atoms with van der Waals surface area (Å²) >= 11 is 1.74. The van der Waals surface area contributed by atoms with Crippen LogP contribution < -0.4 is 0 Å². The molecule has 0 N–H and O–H groups in total. The van der Waals surface area contributed by atoms with Gasteiger partial charge in [0.25, 0.3) is 0 Å². The van der Waals surface area contributed by atoms with Crippen molar-refractivity contribution >= 4 is 17.7 Å². The van der Waals surface area contributed by atoms with Gasteiger partial charge in [0.1, 0.15) is 6.61 Å². The summed E-state index contributed by atoms with van der Waals surface area (Å²) < 4.78 is 10.1. The highest BCUT2D eigenvalue weighted by Gasteiger charge is 1.96. The number of esters is 1. The van der Waals surface area contributed by atoms with E-state index in [-0.39, 0.29) is 6.61 Å². The first kappa shape index (κ1) is 13.8. The summed E-state index contributed by atoms with van der Waals surface area (Å²) in [5.74, 6) is 0.478. The van der Waals surface area contributed by atoms with Crippen molar-refractivity contribution in [3.8, 4) is 0 Å². The molecule has 0 heterocycles. The number of hydrogen-bond acceptors (Lipinski definition) is 4. The molecule has 4 heteroatoms. The van der Waals surface area contributed by atoms with Crippen molar-refractivity contribution < 1.29 is 14.3 Å². The molecule has 3 nitrogen and oxygen atoms in total. The van der Waals surface area contributed by atoms with Crippen LogP contribution in [0.1, 0.15) is 0 Å². The lowest BCUT2D eigenvalue weighted by atomic mass is 10.4. The Kier molecular flexibility index (Phi) is 7.18. The summed E-state index contributed by atoms with van der Waals surface area (Å²) in [6.45, 7) is 4.65. The van der Waals surface area contributed by atoms with E-state index in [1.807, 2.05) is 18.2 Å². The minimum Gasteiger partial charge on any atom is -0.460 e. The summed E-state index contributed by atoms with van der Waals surface area (Å²) in [6.07, 6.45) is 1.14. The Morgan fingerprint density at radius 2 is 2.00 bits per heavy atom. The maximum atomic E-state index is 10.7. The van der Waals surface area contributed by atoms with Crippen molar-refractivity contribution in [1.29, 1.82) is 0 Å². The number of rotatable bonds is 8. The smallest absolute Gasteiger partial charge is 0.330 e. The lowest BCUT2D eigenvalue weighted by Gasteiger charge is -2.04. The number of benzene rings is 1. The normalized spacial score (nSPS) is 9.88. The molecule has 0 aromatic heterocycles. The van der Waals surface area contributed by atoms with E-state index >= 15 is 0 Å². The molecule has 0 aliphatic heterocycles. The van der Waals surface area contributed by atoms with Crippen LogP contribution in [0.3, 0.4) is 0 Å². The molecule has 1 rings (SSSR count). The molecule has 0 saturated heterocycles. The zero-order chi connectivity index (χ0) is 12.3. The first-order chi connectivity index (χ1) is 8.33. The second-order valence-corrected chi connectivity index (χ2v) is 4.31. The van der Waals surface area contributed by atoms with E-state index in [0.29, 0.717) is 13.2 Å². The zero-order valence-corrected chi connectivity index (χ0v) is 10.4. The van der Waals surface area contributed by atoms with Crippen LogP contribution in [0.25, 0.3) is 0 Å². The second-order valence-electron chi connectivity index (χ2n) is 3.15. The molecule has 0 unspecified atom stereocenters. The van der Waals surface area contributed by atoms with E-state index in [9.17, 15) is 4.79 Å². The van der Waals surface area contributed by atoms with Crippen LogP contribution in [-0.4, -0.2) is 31.5 Å². The van der Waals surface area contributed by atoms with Crippen LogP contribution in [0.15, 0.2) is 47.9 Å². The lowest BCUT2D eigenvalue weighted by molar-refractivity contribution is -0.139. The predicted molar refractivity (Wildman–Crippen MR) is 69.1 cm³/mol. The van der Waals surface area contributed by atoms with Crippen molar-refractivity contribution in [2.24, 2.45) is 0 Å². The summed E-state index contributed by atoms with van der Waals surface area (Å²) in [7, 11) is 0. The van der Waals surface area contributed by atoms with Crippen LogP contribution in [0.2, 0.25) is 0 Å². The van der Waals surface area contributed by atoms with Gasteiger partial charge in [-0.15, -0.1) is 11.8 Å². The molecule has 17 heavy (non-hydrogen) atoms. The van der Waals surface area contributed by atoms with E-state index in [0.717, 1.165) is 11.8 Å². The molecule has 0 radical (unpaired) electrons. The van der Waals surface area contributed by atoms with E-state index in [1.165, 1.54) is 4.90 Å². The fourth-order valence-corrected chi connectivity index (χ4v) is 1.88. The van der Waals surface area contributed by atoms with E-state index in [4.69, 9.17) is 9.47 Å². The monoisotopic (exact) mass is 252 g/mol. The van der Waals surface area contributed by atoms with Crippen molar-refractivity contribution in [2.75, 3.05) is 25.6 Å². The van der Waals surface area contributed by atoms with Gasteiger partial charge in [0, 0.05) is 16.7 Å². The van der Waals surface area contributed by atoms with Crippen molar-refractivity contribution in [3.63, 3.8) is 0 Å². The minimum atomic E-state index is -0.410. The molecular formula is C13H16O3S. The standard InChI is InChI=1S/C13H16O3S/c1-2-13(14)16-9-8-15-10-11-17-12-6-4-3-5-7-12/h2-7H,1,8-11H2. The van der Waals surface area contributed by atoms with Gasteiger partial charge >= 0.3 is 5.97 Å². The topological polar surface area (TPSA) is 35.5 Å². The fraction of sp³-hybridized carbons (Fsp3) is 0.308. The quantitative estimate of drug-likeness (QED) is 0.308. The summed E-state index contributed by atoms with van der Waals surface area (Å²) in [5.41, 5.74) is 0. The highest BCUT2D eigenvalue weighted by Crippen LogP contribution is 2.16. The van der Waals surface area contributed by atoms with Crippen molar-refractivity contribution in [1.82, 2.24) is 0 Å². The molecule has 0 spiro atoms. The Balaban J connectivity index is 1.95. The van der Waals surface area contributed by atoms with Crippen molar-refractivity contribution in [3.05, 3.63) is 43.0 Å². The first-order valence-corrected chi connectivity index (χ1v) is 6.36. The van der Waals surface area contributed by atoms with Gasteiger partial charge in [0.15, 0.2) is 0 Å². The molecule has 0 aliphatic rings. The van der Waals surface area contributed by atoms with Gasteiger partial charge in [-0.25, -0.2) is 4.79 Å². The molecule has 0 bridgehead atoms. The number of carbonyl (C=O) groups is 1. The Morgan fingerprint density at radius 1 is 1.24 bits per heavy atom. The largest absolute Gasteiger partial charge is 0.460 e. The lowest BCUT2D eigenvalue weighted by Crippen LogP contribution is -2.09. The van der Waals surface area contributed by atoms with Crippen LogP contribution in [0.4, 0.5) is 0 Å². The van der Waals surface area contributed by atoms with E-state index in [2.05, 4.69) is 18.7 Å². The molecule has 0 amide bonds.